The molecular formula is C46H81NO7. The molecule has 0 saturated carbocycles. The number of allylic oxidation sites excluding steroid dienone is 8. The number of hydrogen-bond acceptors (Lipinski definition) is 7. The van der Waals surface area contributed by atoms with Crippen molar-refractivity contribution in [3.8, 4) is 0 Å². The SMILES string of the molecule is CCCCC/C=C/C/C=C/C/C=C/CCCCCCCCCCCC(=O)OC(COCCC(C(=O)[O-])[N+](C)(C)C)COC(=O)CC/C=C/CCCCCC. The Morgan fingerprint density at radius 1 is 0.556 bits per heavy atom. The lowest BCUT2D eigenvalue weighted by Gasteiger charge is -2.34. The Balaban J connectivity index is 4.26. The van der Waals surface area contributed by atoms with E-state index in [2.05, 4.69) is 56.4 Å². The van der Waals surface area contributed by atoms with E-state index < -0.39 is 18.1 Å². The van der Waals surface area contributed by atoms with Gasteiger partial charge in [0.05, 0.1) is 40.3 Å². The fraction of sp³-hybridized carbons (Fsp3) is 0.761. The van der Waals surface area contributed by atoms with Crippen molar-refractivity contribution in [3.63, 3.8) is 0 Å². The molecule has 0 heterocycles. The minimum absolute atomic E-state index is 0.0264. The molecular weight excluding hydrogens is 679 g/mol. The summed E-state index contributed by atoms with van der Waals surface area (Å²) in [5.74, 6) is -1.81. The summed E-state index contributed by atoms with van der Waals surface area (Å²) in [7, 11) is 5.39. The summed E-state index contributed by atoms with van der Waals surface area (Å²) in [5.41, 5.74) is 0. The fourth-order valence-corrected chi connectivity index (χ4v) is 6.03. The predicted octanol–water partition coefficient (Wildman–Crippen LogP) is 10.3. The van der Waals surface area contributed by atoms with Gasteiger partial charge >= 0.3 is 11.9 Å². The third-order valence-electron chi connectivity index (χ3n) is 9.45. The zero-order valence-corrected chi connectivity index (χ0v) is 35.4. The summed E-state index contributed by atoms with van der Waals surface area (Å²) in [6, 6.07) is -0.730. The molecule has 0 spiro atoms. The minimum atomic E-state index is -1.13. The maximum atomic E-state index is 12.7. The van der Waals surface area contributed by atoms with Gasteiger partial charge in [-0.3, -0.25) is 9.59 Å². The normalized spacial score (nSPS) is 13.4. The van der Waals surface area contributed by atoms with Gasteiger partial charge in [0, 0.05) is 19.3 Å². The highest BCUT2D eigenvalue weighted by molar-refractivity contribution is 5.70. The molecule has 0 radical (unpaired) electrons. The molecule has 0 aromatic rings. The average Bonchev–Trinajstić information content (AvgIpc) is 3.12. The second kappa shape index (κ2) is 37.2. The monoisotopic (exact) mass is 760 g/mol. The lowest BCUT2D eigenvalue weighted by molar-refractivity contribution is -0.889. The molecule has 0 saturated heterocycles. The second-order valence-corrected chi connectivity index (χ2v) is 15.6. The van der Waals surface area contributed by atoms with Crippen molar-refractivity contribution in [1.82, 2.24) is 0 Å². The Labute approximate surface area is 331 Å². The molecule has 0 aromatic carbocycles. The largest absolute Gasteiger partial charge is 0.544 e. The highest BCUT2D eigenvalue weighted by atomic mass is 16.6. The molecule has 0 aromatic heterocycles. The van der Waals surface area contributed by atoms with Crippen LogP contribution in [0.15, 0.2) is 48.6 Å². The number of esters is 2. The molecule has 0 aliphatic rings. The summed E-state index contributed by atoms with van der Waals surface area (Å²) in [4.78, 5) is 36.6. The topological polar surface area (TPSA) is 102 Å². The van der Waals surface area contributed by atoms with Gasteiger partial charge in [-0.05, 0) is 64.2 Å². The number of unbranched alkanes of at least 4 members (excludes halogenated alkanes) is 16. The van der Waals surface area contributed by atoms with Crippen LogP contribution in [0, 0.1) is 0 Å². The first-order chi connectivity index (χ1) is 26.1. The third-order valence-corrected chi connectivity index (χ3v) is 9.45. The Morgan fingerprint density at radius 2 is 1.02 bits per heavy atom. The number of rotatable bonds is 38. The van der Waals surface area contributed by atoms with Gasteiger partial charge in [-0.25, -0.2) is 0 Å². The quantitative estimate of drug-likeness (QED) is 0.0267. The van der Waals surface area contributed by atoms with Crippen LogP contribution in [0.5, 0.6) is 0 Å². The highest BCUT2D eigenvalue weighted by Gasteiger charge is 2.25. The lowest BCUT2D eigenvalue weighted by Crippen LogP contribution is -2.55. The van der Waals surface area contributed by atoms with E-state index in [1.165, 1.54) is 83.5 Å². The van der Waals surface area contributed by atoms with Gasteiger partial charge in [-0.15, -0.1) is 0 Å². The Hall–Kier alpha value is -2.71. The number of likely N-dealkylation sites (N-methyl/N-ethyl adjacent to an activating group) is 1. The molecule has 8 nitrogen and oxygen atoms in total. The molecule has 0 fully saturated rings. The van der Waals surface area contributed by atoms with Crippen LogP contribution in [0.25, 0.3) is 0 Å². The Kier molecular flexibility index (Phi) is 35.4. The molecule has 0 aliphatic heterocycles. The van der Waals surface area contributed by atoms with Crippen molar-refractivity contribution < 1.29 is 38.2 Å². The van der Waals surface area contributed by atoms with Gasteiger partial charge < -0.3 is 28.6 Å². The number of hydrogen-bond donors (Lipinski definition) is 0. The molecule has 0 aliphatic carbocycles. The number of carbonyl (C=O) groups is 3. The summed E-state index contributed by atoms with van der Waals surface area (Å²) < 4.78 is 17.0. The Morgan fingerprint density at radius 3 is 1.57 bits per heavy atom. The van der Waals surface area contributed by atoms with Crippen molar-refractivity contribution in [2.75, 3.05) is 41.0 Å². The van der Waals surface area contributed by atoms with Gasteiger partial charge in [0.25, 0.3) is 0 Å². The molecule has 0 amide bonds. The first-order valence-electron chi connectivity index (χ1n) is 21.7. The molecule has 54 heavy (non-hydrogen) atoms. The summed E-state index contributed by atoms with van der Waals surface area (Å²) in [5, 5.41) is 11.6. The van der Waals surface area contributed by atoms with Crippen LogP contribution in [0.4, 0.5) is 0 Å². The van der Waals surface area contributed by atoms with Gasteiger partial charge in [0.15, 0.2) is 6.10 Å². The molecule has 0 N–H and O–H groups in total. The van der Waals surface area contributed by atoms with Crippen molar-refractivity contribution in [1.29, 1.82) is 0 Å². The fourth-order valence-electron chi connectivity index (χ4n) is 6.03. The maximum Gasteiger partial charge on any atom is 0.306 e. The average molecular weight is 760 g/mol. The molecule has 2 atom stereocenters. The van der Waals surface area contributed by atoms with E-state index in [0.717, 1.165) is 51.4 Å². The van der Waals surface area contributed by atoms with Crippen LogP contribution >= 0.6 is 0 Å². The van der Waals surface area contributed by atoms with E-state index in [-0.39, 0.29) is 49.1 Å². The van der Waals surface area contributed by atoms with Gasteiger partial charge in [-0.2, -0.15) is 0 Å². The number of aliphatic carboxylic acids is 1. The number of carboxylic acids is 1. The van der Waals surface area contributed by atoms with Crippen molar-refractivity contribution in [2.45, 2.75) is 187 Å². The standard InChI is InChI=1S/C46H81NO7/c1-6-8-10-12-14-16-17-18-19-20-21-22-23-24-25-26-27-28-29-31-33-35-37-45(49)54-42(40-52-39-38-43(46(50)51)47(3,4)5)41-53-44(48)36-34-32-30-15-13-11-9-7-2/h14,16,18-19,21-22,30,32,42-43H,6-13,15,17,20,23-29,31,33-41H2,1-5H3/b16-14+,19-18+,22-21+,32-30+. The third kappa shape index (κ3) is 35.0. The zero-order chi connectivity index (χ0) is 40.0. The highest BCUT2D eigenvalue weighted by Crippen LogP contribution is 2.13. The van der Waals surface area contributed by atoms with E-state index in [0.29, 0.717) is 12.8 Å². The number of carboxylic acid groups (broad SMARTS) is 1. The van der Waals surface area contributed by atoms with E-state index in [1.54, 1.807) is 21.1 Å². The minimum Gasteiger partial charge on any atom is -0.544 e. The van der Waals surface area contributed by atoms with Crippen LogP contribution in [0.1, 0.15) is 174 Å². The van der Waals surface area contributed by atoms with Gasteiger partial charge in [0.2, 0.25) is 0 Å². The summed E-state index contributed by atoms with van der Waals surface area (Å²) >= 11 is 0. The van der Waals surface area contributed by atoms with E-state index in [9.17, 15) is 19.5 Å². The predicted molar refractivity (Wildman–Crippen MR) is 222 cm³/mol. The van der Waals surface area contributed by atoms with Crippen molar-refractivity contribution >= 4 is 17.9 Å². The summed E-state index contributed by atoms with van der Waals surface area (Å²) in [6.45, 7) is 4.53. The molecule has 312 valence electrons. The van der Waals surface area contributed by atoms with Crippen LogP contribution < -0.4 is 5.11 Å². The molecule has 8 heteroatoms. The molecule has 0 rings (SSSR count). The first kappa shape index (κ1) is 51.3. The lowest BCUT2D eigenvalue weighted by atomic mass is 10.1. The number of quaternary nitrogens is 1. The molecule has 0 bridgehead atoms. The second-order valence-electron chi connectivity index (χ2n) is 15.6. The Bertz CT molecular complexity index is 1030. The number of nitrogens with zero attached hydrogens (tertiary/aromatic N) is 1. The first-order valence-corrected chi connectivity index (χ1v) is 21.7. The smallest absolute Gasteiger partial charge is 0.306 e. The van der Waals surface area contributed by atoms with Crippen LogP contribution in [-0.2, 0) is 28.6 Å². The van der Waals surface area contributed by atoms with E-state index in [4.69, 9.17) is 14.2 Å². The van der Waals surface area contributed by atoms with Crippen LogP contribution in [0.2, 0.25) is 0 Å². The van der Waals surface area contributed by atoms with Crippen LogP contribution in [0.3, 0.4) is 0 Å². The van der Waals surface area contributed by atoms with Crippen molar-refractivity contribution in [2.24, 2.45) is 0 Å². The van der Waals surface area contributed by atoms with E-state index >= 15 is 0 Å². The maximum absolute atomic E-state index is 12.7. The number of ether oxygens (including phenoxy) is 3. The van der Waals surface area contributed by atoms with Gasteiger partial charge in [-0.1, -0.05) is 140 Å². The number of carbonyl (C=O) groups excluding carboxylic acids is 3. The summed E-state index contributed by atoms with van der Waals surface area (Å²) in [6.07, 6.45) is 43.0. The van der Waals surface area contributed by atoms with E-state index in [1.807, 2.05) is 6.08 Å². The van der Waals surface area contributed by atoms with Crippen LogP contribution in [-0.4, -0.2) is 75.5 Å². The van der Waals surface area contributed by atoms with Crippen molar-refractivity contribution in [3.05, 3.63) is 48.6 Å². The zero-order valence-electron chi connectivity index (χ0n) is 35.4. The molecule has 2 unspecified atom stereocenters. The van der Waals surface area contributed by atoms with Gasteiger partial charge in [0.1, 0.15) is 12.6 Å².